The molecule has 0 aliphatic carbocycles. The highest BCUT2D eigenvalue weighted by molar-refractivity contribution is 5.69. The molecule has 1 aromatic carbocycles. The van der Waals surface area contributed by atoms with Crippen LogP contribution in [0.2, 0.25) is 0 Å². The number of hydrogen-bond acceptors (Lipinski definition) is 4. The summed E-state index contributed by atoms with van der Waals surface area (Å²) < 4.78 is 10.5. The smallest absolute Gasteiger partial charge is 0.317 e. The summed E-state index contributed by atoms with van der Waals surface area (Å²) in [5, 5.41) is 8.86. The first-order valence-electron chi connectivity index (χ1n) is 7.10. The summed E-state index contributed by atoms with van der Waals surface area (Å²) >= 11 is 0. The maximum Gasteiger partial charge on any atom is 0.317 e. The van der Waals surface area contributed by atoms with Gasteiger partial charge >= 0.3 is 5.97 Å². The molecule has 1 fully saturated rings. The van der Waals surface area contributed by atoms with E-state index in [-0.39, 0.29) is 6.54 Å². The van der Waals surface area contributed by atoms with Crippen LogP contribution in [0.1, 0.15) is 18.4 Å². The number of benzene rings is 1. The van der Waals surface area contributed by atoms with Crippen LogP contribution < -0.4 is 9.47 Å². The number of aliphatic carboxylic acids is 1. The first-order valence-corrected chi connectivity index (χ1v) is 7.10. The third-order valence-corrected chi connectivity index (χ3v) is 4.18. The van der Waals surface area contributed by atoms with Crippen LogP contribution in [-0.2, 0) is 10.3 Å². The molecule has 1 N–H and O–H groups in total. The molecule has 0 radical (unpaired) electrons. The van der Waals surface area contributed by atoms with Crippen molar-refractivity contribution in [3.8, 4) is 11.5 Å². The summed E-state index contributed by atoms with van der Waals surface area (Å²) in [5.74, 6) is 0.409. The summed E-state index contributed by atoms with van der Waals surface area (Å²) in [6.07, 6.45) is 1.22. The Labute approximate surface area is 130 Å². The normalized spacial score (nSPS) is 17.5. The first-order chi connectivity index (χ1) is 10.5. The van der Waals surface area contributed by atoms with Crippen molar-refractivity contribution in [2.45, 2.75) is 18.4 Å². The maximum absolute atomic E-state index is 10.8. The van der Waals surface area contributed by atoms with E-state index in [0.29, 0.717) is 37.4 Å². The van der Waals surface area contributed by atoms with Gasteiger partial charge in [-0.25, -0.2) is 6.57 Å². The van der Waals surface area contributed by atoms with Gasteiger partial charge in [-0.2, -0.15) is 0 Å². The van der Waals surface area contributed by atoms with Gasteiger partial charge in [-0.1, -0.05) is 0 Å². The molecule has 6 heteroatoms. The molecule has 118 valence electrons. The fourth-order valence-corrected chi connectivity index (χ4v) is 2.86. The minimum atomic E-state index is -0.832. The predicted molar refractivity (Wildman–Crippen MR) is 81.1 cm³/mol. The zero-order valence-corrected chi connectivity index (χ0v) is 12.8. The van der Waals surface area contributed by atoms with Gasteiger partial charge in [0.1, 0.15) is 0 Å². The Hall–Kier alpha value is -2.26. The van der Waals surface area contributed by atoms with Crippen LogP contribution in [0.25, 0.3) is 4.85 Å². The van der Waals surface area contributed by atoms with E-state index in [9.17, 15) is 4.79 Å². The van der Waals surface area contributed by atoms with Crippen LogP contribution in [0.15, 0.2) is 18.2 Å². The van der Waals surface area contributed by atoms with Gasteiger partial charge in [-0.05, 0) is 18.2 Å². The Kier molecular flexibility index (Phi) is 4.88. The lowest BCUT2D eigenvalue weighted by molar-refractivity contribution is -0.138. The number of carboxylic acids is 1. The summed E-state index contributed by atoms with van der Waals surface area (Å²) in [7, 11) is 3.15. The highest BCUT2D eigenvalue weighted by atomic mass is 16.5. The summed E-state index contributed by atoms with van der Waals surface area (Å²) in [5.41, 5.74) is 0.282. The average molecular weight is 304 g/mol. The summed E-state index contributed by atoms with van der Waals surface area (Å²) in [6.45, 7) is 8.86. The highest BCUT2D eigenvalue weighted by Crippen LogP contribution is 2.40. The van der Waals surface area contributed by atoms with Crippen molar-refractivity contribution in [2.24, 2.45) is 0 Å². The molecule has 1 aliphatic rings. The second kappa shape index (κ2) is 6.67. The van der Waals surface area contributed by atoms with Crippen LogP contribution in [0.4, 0.5) is 0 Å². The van der Waals surface area contributed by atoms with Crippen molar-refractivity contribution in [3.63, 3.8) is 0 Å². The molecule has 0 saturated carbocycles. The molecule has 6 nitrogen and oxygen atoms in total. The highest BCUT2D eigenvalue weighted by Gasteiger charge is 2.43. The number of piperidine rings is 1. The number of carbonyl (C=O) groups is 1. The van der Waals surface area contributed by atoms with Crippen molar-refractivity contribution < 1.29 is 19.4 Å². The van der Waals surface area contributed by atoms with Crippen LogP contribution >= 0.6 is 0 Å². The third-order valence-electron chi connectivity index (χ3n) is 4.18. The van der Waals surface area contributed by atoms with Gasteiger partial charge in [-0.3, -0.25) is 9.69 Å². The van der Waals surface area contributed by atoms with Crippen molar-refractivity contribution in [3.05, 3.63) is 35.2 Å². The Morgan fingerprint density at radius 2 is 1.95 bits per heavy atom. The Balaban J connectivity index is 2.22. The standard InChI is InChI=1S/C16H20N2O4/c1-17-16(6-8-18(9-7-16)11-15(19)20)12-4-5-13(21-2)14(10-12)22-3/h4-5,10H,6-9,11H2,2-3H3,(H,19,20). The van der Waals surface area contributed by atoms with Crippen LogP contribution in [0, 0.1) is 6.57 Å². The van der Waals surface area contributed by atoms with E-state index in [1.54, 1.807) is 14.2 Å². The lowest BCUT2D eigenvalue weighted by atomic mass is 9.81. The minimum absolute atomic E-state index is 0.0278. The SMILES string of the molecule is [C-]#[N+]C1(c2ccc(OC)c(OC)c2)CCN(CC(=O)O)CC1. The topological polar surface area (TPSA) is 63.4 Å². The summed E-state index contributed by atoms with van der Waals surface area (Å²) in [4.78, 5) is 16.5. The van der Waals surface area contributed by atoms with Gasteiger partial charge in [0.15, 0.2) is 11.5 Å². The van der Waals surface area contributed by atoms with Crippen molar-refractivity contribution in [2.75, 3.05) is 33.9 Å². The Morgan fingerprint density at radius 1 is 1.32 bits per heavy atom. The number of carboxylic acid groups (broad SMARTS) is 1. The molecule has 1 heterocycles. The van der Waals surface area contributed by atoms with Gasteiger partial charge in [-0.15, -0.1) is 0 Å². The molecule has 0 atom stereocenters. The number of rotatable bonds is 5. The second-order valence-electron chi connectivity index (χ2n) is 5.38. The monoisotopic (exact) mass is 304 g/mol. The van der Waals surface area contributed by atoms with E-state index in [2.05, 4.69) is 4.85 Å². The lowest BCUT2D eigenvalue weighted by Crippen LogP contribution is -2.43. The van der Waals surface area contributed by atoms with Crippen molar-refractivity contribution in [1.29, 1.82) is 0 Å². The van der Waals surface area contributed by atoms with Crippen LogP contribution in [0.5, 0.6) is 11.5 Å². The largest absolute Gasteiger partial charge is 0.493 e. The van der Waals surface area contributed by atoms with Gasteiger partial charge in [0.25, 0.3) is 5.54 Å². The van der Waals surface area contributed by atoms with Gasteiger partial charge in [0.2, 0.25) is 0 Å². The van der Waals surface area contributed by atoms with E-state index < -0.39 is 11.5 Å². The molecule has 0 spiro atoms. The number of methoxy groups -OCH3 is 2. The molecule has 1 aromatic rings. The van der Waals surface area contributed by atoms with Crippen LogP contribution in [-0.4, -0.2) is 49.8 Å². The minimum Gasteiger partial charge on any atom is -0.493 e. The zero-order valence-electron chi connectivity index (χ0n) is 12.8. The van der Waals surface area contributed by atoms with Crippen LogP contribution in [0.3, 0.4) is 0 Å². The van der Waals surface area contributed by atoms with Gasteiger partial charge < -0.3 is 19.4 Å². The third kappa shape index (κ3) is 3.15. The molecule has 0 amide bonds. The Bertz CT molecular complexity index is 586. The van der Waals surface area contributed by atoms with E-state index in [1.807, 2.05) is 23.1 Å². The van der Waals surface area contributed by atoms with E-state index in [4.69, 9.17) is 21.2 Å². The molecular weight excluding hydrogens is 284 g/mol. The molecule has 0 aromatic heterocycles. The molecule has 0 bridgehead atoms. The molecule has 0 unspecified atom stereocenters. The second-order valence-corrected chi connectivity index (χ2v) is 5.38. The predicted octanol–water partition coefficient (Wildman–Crippen LogP) is 2.00. The summed E-state index contributed by atoms with van der Waals surface area (Å²) in [6, 6.07) is 5.56. The maximum atomic E-state index is 10.8. The molecule has 1 aliphatic heterocycles. The van der Waals surface area contributed by atoms with Crippen molar-refractivity contribution in [1.82, 2.24) is 4.90 Å². The molecular formula is C16H20N2O4. The fraction of sp³-hybridized carbons (Fsp3) is 0.500. The fourth-order valence-electron chi connectivity index (χ4n) is 2.86. The Morgan fingerprint density at radius 3 is 2.45 bits per heavy atom. The number of ether oxygens (including phenoxy) is 2. The number of nitrogens with zero attached hydrogens (tertiary/aromatic N) is 2. The van der Waals surface area contributed by atoms with Crippen molar-refractivity contribution >= 4 is 5.97 Å². The molecule has 2 rings (SSSR count). The van der Waals surface area contributed by atoms with E-state index >= 15 is 0 Å². The zero-order chi connectivity index (χ0) is 16.2. The van der Waals surface area contributed by atoms with Gasteiger partial charge in [0.05, 0.1) is 20.8 Å². The van der Waals surface area contributed by atoms with E-state index in [0.717, 1.165) is 5.56 Å². The average Bonchev–Trinajstić information content (AvgIpc) is 2.54. The number of hydrogen-bond donors (Lipinski definition) is 1. The molecule has 22 heavy (non-hydrogen) atoms. The quantitative estimate of drug-likeness (QED) is 0.843. The van der Waals surface area contributed by atoms with E-state index in [1.165, 1.54) is 0 Å². The molecule has 1 saturated heterocycles. The number of likely N-dealkylation sites (tertiary alicyclic amines) is 1. The first kappa shape index (κ1) is 16.1. The lowest BCUT2D eigenvalue weighted by Gasteiger charge is -2.33. The van der Waals surface area contributed by atoms with Gasteiger partial charge in [0, 0.05) is 31.5 Å².